The molecule has 142 valence electrons. The van der Waals surface area contributed by atoms with Crippen LogP contribution in [0, 0.1) is 0 Å². The highest BCUT2D eigenvalue weighted by molar-refractivity contribution is 5.95. The predicted molar refractivity (Wildman–Crippen MR) is 97.8 cm³/mol. The summed E-state index contributed by atoms with van der Waals surface area (Å²) in [5, 5.41) is 2.86. The summed E-state index contributed by atoms with van der Waals surface area (Å²) in [4.78, 5) is 24.1. The summed E-state index contributed by atoms with van der Waals surface area (Å²) in [5.74, 6) is 1.16. The average Bonchev–Trinajstić information content (AvgIpc) is 3.12. The number of fused-ring (bicyclic) bond motifs is 1. The molecular formula is C20H21NO6. The summed E-state index contributed by atoms with van der Waals surface area (Å²) in [6, 6.07) is 10.2. The van der Waals surface area contributed by atoms with Crippen LogP contribution in [0.4, 0.5) is 0 Å². The van der Waals surface area contributed by atoms with Crippen LogP contribution < -0.4 is 19.5 Å². The van der Waals surface area contributed by atoms with E-state index < -0.39 is 0 Å². The zero-order valence-corrected chi connectivity index (χ0v) is 15.4. The SMILES string of the molecule is COC(=O)c1ccc2c(c1)C[C@H](CNC(=O)c1cc(OC)cc(OC)c1)O2. The standard InChI is InChI=1S/C20H21NO6/c1-24-15-8-14(9-16(10-15)25-2)19(22)21-11-17-7-13-6-12(20(23)26-3)4-5-18(13)27-17/h4-6,8-10,17H,7,11H2,1-3H3,(H,21,22)/t17-/m1/s1. The van der Waals surface area contributed by atoms with Crippen LogP contribution in [0.3, 0.4) is 0 Å². The molecule has 0 aromatic heterocycles. The molecule has 1 N–H and O–H groups in total. The largest absolute Gasteiger partial charge is 0.497 e. The maximum atomic E-state index is 12.5. The van der Waals surface area contributed by atoms with E-state index in [1.165, 1.54) is 21.3 Å². The Kier molecular flexibility index (Phi) is 5.49. The van der Waals surface area contributed by atoms with Crippen molar-refractivity contribution in [2.24, 2.45) is 0 Å². The van der Waals surface area contributed by atoms with Crippen LogP contribution in [-0.4, -0.2) is 45.9 Å². The third-order valence-electron chi connectivity index (χ3n) is 4.33. The monoisotopic (exact) mass is 371 g/mol. The second kappa shape index (κ2) is 7.99. The second-order valence-electron chi connectivity index (χ2n) is 6.07. The number of esters is 1. The zero-order chi connectivity index (χ0) is 19.4. The van der Waals surface area contributed by atoms with Gasteiger partial charge in [0.2, 0.25) is 0 Å². The molecule has 0 spiro atoms. The van der Waals surface area contributed by atoms with E-state index in [9.17, 15) is 9.59 Å². The summed E-state index contributed by atoms with van der Waals surface area (Å²) in [6.45, 7) is 0.334. The third kappa shape index (κ3) is 4.13. The average molecular weight is 371 g/mol. The molecule has 1 aliphatic heterocycles. The Morgan fingerprint density at radius 1 is 1.04 bits per heavy atom. The first-order chi connectivity index (χ1) is 13.0. The highest BCUT2D eigenvalue weighted by Gasteiger charge is 2.25. The highest BCUT2D eigenvalue weighted by Crippen LogP contribution is 2.29. The van der Waals surface area contributed by atoms with Gasteiger partial charge >= 0.3 is 5.97 Å². The first-order valence-electron chi connectivity index (χ1n) is 8.43. The lowest BCUT2D eigenvalue weighted by molar-refractivity contribution is 0.0600. The smallest absolute Gasteiger partial charge is 0.337 e. The van der Waals surface area contributed by atoms with Crippen LogP contribution in [0.1, 0.15) is 26.3 Å². The van der Waals surface area contributed by atoms with Gasteiger partial charge in [0, 0.05) is 18.1 Å². The molecule has 0 bridgehead atoms. The van der Waals surface area contributed by atoms with Gasteiger partial charge in [-0.15, -0.1) is 0 Å². The molecule has 7 nitrogen and oxygen atoms in total. The van der Waals surface area contributed by atoms with Crippen molar-refractivity contribution in [1.29, 1.82) is 0 Å². The van der Waals surface area contributed by atoms with Crippen molar-refractivity contribution in [3.05, 3.63) is 53.1 Å². The molecule has 1 atom stereocenters. The number of ether oxygens (including phenoxy) is 4. The van der Waals surface area contributed by atoms with Crippen LogP contribution in [0.2, 0.25) is 0 Å². The minimum atomic E-state index is -0.387. The lowest BCUT2D eigenvalue weighted by Crippen LogP contribution is -2.34. The first-order valence-corrected chi connectivity index (χ1v) is 8.43. The topological polar surface area (TPSA) is 83.1 Å². The molecule has 0 saturated carbocycles. The van der Waals surface area contributed by atoms with Gasteiger partial charge in [0.15, 0.2) is 0 Å². The Bertz CT molecular complexity index is 841. The highest BCUT2D eigenvalue weighted by atomic mass is 16.5. The van der Waals surface area contributed by atoms with Gasteiger partial charge in [-0.3, -0.25) is 4.79 Å². The van der Waals surface area contributed by atoms with Crippen molar-refractivity contribution in [1.82, 2.24) is 5.32 Å². The van der Waals surface area contributed by atoms with Crippen LogP contribution in [0.15, 0.2) is 36.4 Å². The summed E-state index contributed by atoms with van der Waals surface area (Å²) >= 11 is 0. The number of rotatable bonds is 6. The summed E-state index contributed by atoms with van der Waals surface area (Å²) in [5.41, 5.74) is 1.84. The molecule has 0 saturated heterocycles. The van der Waals surface area contributed by atoms with E-state index in [1.807, 2.05) is 0 Å². The quantitative estimate of drug-likeness (QED) is 0.784. The number of carbonyl (C=O) groups is 2. The summed E-state index contributed by atoms with van der Waals surface area (Å²) in [6.07, 6.45) is 0.395. The molecule has 1 heterocycles. The van der Waals surface area contributed by atoms with Crippen LogP contribution in [0.25, 0.3) is 0 Å². The second-order valence-corrected chi connectivity index (χ2v) is 6.07. The van der Waals surface area contributed by atoms with E-state index >= 15 is 0 Å². The van der Waals surface area contributed by atoms with Gasteiger partial charge in [-0.25, -0.2) is 4.79 Å². The van der Waals surface area contributed by atoms with E-state index in [1.54, 1.807) is 36.4 Å². The first kappa shape index (κ1) is 18.6. The van der Waals surface area contributed by atoms with E-state index in [2.05, 4.69) is 5.32 Å². The Hall–Kier alpha value is -3.22. The molecule has 1 amide bonds. The van der Waals surface area contributed by atoms with Crippen molar-refractivity contribution >= 4 is 11.9 Å². The number of hydrogen-bond acceptors (Lipinski definition) is 6. The van der Waals surface area contributed by atoms with Gasteiger partial charge in [0.05, 0.1) is 33.4 Å². The predicted octanol–water partition coefficient (Wildman–Crippen LogP) is 2.22. The van der Waals surface area contributed by atoms with E-state index in [4.69, 9.17) is 18.9 Å². The molecule has 1 aliphatic rings. The molecule has 0 fully saturated rings. The van der Waals surface area contributed by atoms with E-state index in [0.29, 0.717) is 41.3 Å². The normalized spacial score (nSPS) is 14.7. The van der Waals surface area contributed by atoms with Gasteiger partial charge in [0.1, 0.15) is 23.4 Å². The van der Waals surface area contributed by atoms with Crippen LogP contribution in [-0.2, 0) is 11.2 Å². The molecule has 27 heavy (non-hydrogen) atoms. The molecular weight excluding hydrogens is 350 g/mol. The lowest BCUT2D eigenvalue weighted by atomic mass is 10.1. The minimum absolute atomic E-state index is 0.204. The number of hydrogen-bond donors (Lipinski definition) is 1. The van der Waals surface area contributed by atoms with Gasteiger partial charge in [-0.1, -0.05) is 0 Å². The Labute approximate surface area is 157 Å². The van der Waals surface area contributed by atoms with Crippen molar-refractivity contribution in [3.8, 4) is 17.2 Å². The molecule has 0 radical (unpaired) electrons. The fourth-order valence-electron chi connectivity index (χ4n) is 2.93. The minimum Gasteiger partial charge on any atom is -0.497 e. The Morgan fingerprint density at radius 2 is 1.74 bits per heavy atom. The maximum absolute atomic E-state index is 12.5. The number of carbonyl (C=O) groups excluding carboxylic acids is 2. The van der Waals surface area contributed by atoms with Crippen LogP contribution >= 0.6 is 0 Å². The van der Waals surface area contributed by atoms with Crippen LogP contribution in [0.5, 0.6) is 17.2 Å². The van der Waals surface area contributed by atoms with Crippen molar-refractivity contribution in [2.75, 3.05) is 27.9 Å². The molecule has 2 aromatic rings. The number of nitrogens with one attached hydrogen (secondary N) is 1. The van der Waals surface area contributed by atoms with Gasteiger partial charge in [-0.2, -0.15) is 0 Å². The van der Waals surface area contributed by atoms with Crippen molar-refractivity contribution in [2.45, 2.75) is 12.5 Å². The molecule has 7 heteroatoms. The number of benzene rings is 2. The molecule has 0 aliphatic carbocycles. The zero-order valence-electron chi connectivity index (χ0n) is 15.4. The molecule has 0 unspecified atom stereocenters. The fourth-order valence-corrected chi connectivity index (χ4v) is 2.93. The molecule has 3 rings (SSSR count). The Balaban J connectivity index is 1.62. The van der Waals surface area contributed by atoms with Gasteiger partial charge in [-0.05, 0) is 35.9 Å². The summed E-state index contributed by atoms with van der Waals surface area (Å²) < 4.78 is 20.9. The maximum Gasteiger partial charge on any atom is 0.337 e. The number of amides is 1. The Morgan fingerprint density at radius 3 is 2.37 bits per heavy atom. The lowest BCUT2D eigenvalue weighted by Gasteiger charge is -2.13. The van der Waals surface area contributed by atoms with Gasteiger partial charge in [0.25, 0.3) is 5.91 Å². The fraction of sp³-hybridized carbons (Fsp3) is 0.300. The van der Waals surface area contributed by atoms with E-state index in [-0.39, 0.29) is 18.0 Å². The summed E-state index contributed by atoms with van der Waals surface area (Å²) in [7, 11) is 4.41. The van der Waals surface area contributed by atoms with Crippen molar-refractivity contribution in [3.63, 3.8) is 0 Å². The van der Waals surface area contributed by atoms with Gasteiger partial charge < -0.3 is 24.3 Å². The third-order valence-corrected chi connectivity index (χ3v) is 4.33. The molecule has 2 aromatic carbocycles. The van der Waals surface area contributed by atoms with Crippen molar-refractivity contribution < 1.29 is 28.5 Å². The number of methoxy groups -OCH3 is 3. The van der Waals surface area contributed by atoms with E-state index in [0.717, 1.165) is 5.56 Å².